The molecule has 6 nitrogen and oxygen atoms in total. The number of hydrogen-bond acceptors (Lipinski definition) is 4. The fourth-order valence-electron chi connectivity index (χ4n) is 3.75. The maximum absolute atomic E-state index is 12.5. The van der Waals surface area contributed by atoms with Crippen LogP contribution < -0.4 is 10.1 Å². The summed E-state index contributed by atoms with van der Waals surface area (Å²) in [5, 5.41) is 3.04. The van der Waals surface area contributed by atoms with Crippen LogP contribution in [0.4, 0.5) is 5.69 Å². The molecule has 0 aromatic heterocycles. The Morgan fingerprint density at radius 3 is 2.20 bits per heavy atom. The van der Waals surface area contributed by atoms with Crippen molar-refractivity contribution in [3.63, 3.8) is 0 Å². The van der Waals surface area contributed by atoms with E-state index in [1.165, 1.54) is 0 Å². The summed E-state index contributed by atoms with van der Waals surface area (Å²) in [6, 6.07) is 13.8. The zero-order chi connectivity index (χ0) is 21.5. The first-order chi connectivity index (χ1) is 14.5. The van der Waals surface area contributed by atoms with Gasteiger partial charge in [0.15, 0.2) is 0 Å². The van der Waals surface area contributed by atoms with E-state index in [4.69, 9.17) is 4.74 Å². The molecule has 0 radical (unpaired) electrons. The monoisotopic (exact) mass is 409 g/mol. The molecule has 1 aliphatic rings. The Morgan fingerprint density at radius 1 is 0.967 bits per heavy atom. The van der Waals surface area contributed by atoms with Gasteiger partial charge in [-0.05, 0) is 49.1 Å². The topological polar surface area (TPSA) is 61.9 Å². The summed E-state index contributed by atoms with van der Waals surface area (Å²) in [5.74, 6) is 0.986. The van der Waals surface area contributed by atoms with Crippen LogP contribution in [0.1, 0.15) is 23.1 Å². The number of aryl methyl sites for hydroxylation is 3. The van der Waals surface area contributed by atoms with Gasteiger partial charge in [0.1, 0.15) is 5.75 Å². The zero-order valence-corrected chi connectivity index (χ0v) is 18.1. The minimum absolute atomic E-state index is 0.00770. The first-order valence-corrected chi connectivity index (χ1v) is 10.5. The van der Waals surface area contributed by atoms with Crippen molar-refractivity contribution in [3.05, 3.63) is 59.2 Å². The van der Waals surface area contributed by atoms with Gasteiger partial charge in [0.2, 0.25) is 11.8 Å². The van der Waals surface area contributed by atoms with Crippen molar-refractivity contribution in [1.82, 2.24) is 9.80 Å². The maximum Gasteiger partial charge on any atom is 0.238 e. The average molecular weight is 410 g/mol. The summed E-state index contributed by atoms with van der Waals surface area (Å²) in [7, 11) is 1.64. The number of nitrogens with zero attached hydrogens (tertiary/aromatic N) is 2. The quantitative estimate of drug-likeness (QED) is 0.764. The first kappa shape index (κ1) is 21.8. The van der Waals surface area contributed by atoms with Gasteiger partial charge in [0, 0.05) is 38.3 Å². The third kappa shape index (κ3) is 5.83. The number of carbonyl (C=O) groups excluding carboxylic acids is 2. The molecule has 6 heteroatoms. The van der Waals surface area contributed by atoms with Crippen LogP contribution in [-0.4, -0.2) is 61.4 Å². The zero-order valence-electron chi connectivity index (χ0n) is 18.1. The molecule has 2 aromatic carbocycles. The molecule has 3 rings (SSSR count). The van der Waals surface area contributed by atoms with Crippen molar-refractivity contribution in [2.75, 3.05) is 45.2 Å². The molecule has 0 atom stereocenters. The summed E-state index contributed by atoms with van der Waals surface area (Å²) < 4.78 is 5.16. The van der Waals surface area contributed by atoms with Gasteiger partial charge in [-0.25, -0.2) is 0 Å². The number of carbonyl (C=O) groups is 2. The molecule has 1 fully saturated rings. The molecule has 1 N–H and O–H groups in total. The van der Waals surface area contributed by atoms with E-state index in [0.29, 0.717) is 39.1 Å². The molecule has 2 amide bonds. The van der Waals surface area contributed by atoms with Crippen LogP contribution in [0.25, 0.3) is 0 Å². The van der Waals surface area contributed by atoms with Gasteiger partial charge < -0.3 is 15.0 Å². The molecule has 30 heavy (non-hydrogen) atoms. The lowest BCUT2D eigenvalue weighted by Gasteiger charge is -2.34. The van der Waals surface area contributed by atoms with Crippen LogP contribution in [0.15, 0.2) is 42.5 Å². The third-order valence-electron chi connectivity index (χ3n) is 5.62. The molecular formula is C24H31N3O3. The van der Waals surface area contributed by atoms with E-state index in [1.54, 1.807) is 7.11 Å². The van der Waals surface area contributed by atoms with Crippen molar-refractivity contribution in [1.29, 1.82) is 0 Å². The average Bonchev–Trinajstić information content (AvgIpc) is 2.75. The van der Waals surface area contributed by atoms with E-state index in [0.717, 1.165) is 34.5 Å². The van der Waals surface area contributed by atoms with Crippen LogP contribution in [0.2, 0.25) is 0 Å². The van der Waals surface area contributed by atoms with Crippen LogP contribution in [0.3, 0.4) is 0 Å². The standard InChI is InChI=1S/C24H31N3O3/c1-18-5-4-6-19(2)24(18)25-22(28)17-26-13-15-27(16-14-26)23(29)12-9-20-7-10-21(30-3)11-8-20/h4-8,10-11H,9,12-17H2,1-3H3,(H,25,28). The fraction of sp³-hybridized carbons (Fsp3) is 0.417. The molecular weight excluding hydrogens is 378 g/mol. The van der Waals surface area contributed by atoms with Crippen LogP contribution in [0, 0.1) is 13.8 Å². The number of nitrogens with one attached hydrogen (secondary N) is 1. The van der Waals surface area contributed by atoms with Crippen LogP contribution in [0.5, 0.6) is 5.75 Å². The Bertz CT molecular complexity index is 852. The van der Waals surface area contributed by atoms with E-state index in [-0.39, 0.29) is 11.8 Å². The largest absolute Gasteiger partial charge is 0.497 e. The first-order valence-electron chi connectivity index (χ1n) is 10.5. The van der Waals surface area contributed by atoms with Gasteiger partial charge in [0.25, 0.3) is 0 Å². The number of benzene rings is 2. The summed E-state index contributed by atoms with van der Waals surface area (Å²) >= 11 is 0. The Balaban J connectivity index is 1.41. The number of anilines is 1. The smallest absolute Gasteiger partial charge is 0.238 e. The normalized spacial score (nSPS) is 14.4. The molecule has 0 aliphatic carbocycles. The minimum atomic E-state index is -0.00770. The highest BCUT2D eigenvalue weighted by atomic mass is 16.5. The number of ether oxygens (including phenoxy) is 1. The summed E-state index contributed by atoms with van der Waals surface area (Å²) in [5.41, 5.74) is 4.16. The Kier molecular flexibility index (Phi) is 7.46. The summed E-state index contributed by atoms with van der Waals surface area (Å²) in [6.45, 7) is 7.11. The van der Waals surface area contributed by atoms with Crippen molar-refractivity contribution >= 4 is 17.5 Å². The molecule has 2 aromatic rings. The molecule has 1 saturated heterocycles. The molecule has 1 aliphatic heterocycles. The number of rotatable bonds is 7. The van der Waals surface area contributed by atoms with E-state index in [9.17, 15) is 9.59 Å². The molecule has 0 saturated carbocycles. The van der Waals surface area contributed by atoms with Gasteiger partial charge in [0.05, 0.1) is 13.7 Å². The molecule has 1 heterocycles. The Morgan fingerprint density at radius 2 is 1.60 bits per heavy atom. The number of piperazine rings is 1. The lowest BCUT2D eigenvalue weighted by molar-refractivity contribution is -0.133. The van der Waals surface area contributed by atoms with Crippen molar-refractivity contribution in [3.8, 4) is 5.75 Å². The van der Waals surface area contributed by atoms with Gasteiger partial charge in [-0.3, -0.25) is 14.5 Å². The molecule has 0 bridgehead atoms. The van der Waals surface area contributed by atoms with E-state index >= 15 is 0 Å². The van der Waals surface area contributed by atoms with Crippen LogP contribution >= 0.6 is 0 Å². The van der Waals surface area contributed by atoms with Gasteiger partial charge >= 0.3 is 0 Å². The highest BCUT2D eigenvalue weighted by Crippen LogP contribution is 2.19. The van der Waals surface area contributed by atoms with Crippen molar-refractivity contribution in [2.45, 2.75) is 26.7 Å². The number of para-hydroxylation sites is 1. The second-order valence-corrected chi connectivity index (χ2v) is 7.82. The fourth-order valence-corrected chi connectivity index (χ4v) is 3.75. The van der Waals surface area contributed by atoms with E-state index in [1.807, 2.05) is 61.2 Å². The molecule has 160 valence electrons. The number of hydrogen-bond donors (Lipinski definition) is 1. The highest BCUT2D eigenvalue weighted by molar-refractivity contribution is 5.93. The second kappa shape index (κ2) is 10.3. The lowest BCUT2D eigenvalue weighted by Crippen LogP contribution is -2.50. The van der Waals surface area contributed by atoms with Gasteiger partial charge in [-0.15, -0.1) is 0 Å². The third-order valence-corrected chi connectivity index (χ3v) is 5.62. The second-order valence-electron chi connectivity index (χ2n) is 7.82. The predicted molar refractivity (Wildman–Crippen MR) is 119 cm³/mol. The van der Waals surface area contributed by atoms with Crippen molar-refractivity contribution in [2.24, 2.45) is 0 Å². The van der Waals surface area contributed by atoms with Gasteiger partial charge in [-0.1, -0.05) is 30.3 Å². The Labute approximate surface area is 178 Å². The predicted octanol–water partition coefficient (Wildman–Crippen LogP) is 3.03. The number of methoxy groups -OCH3 is 1. The van der Waals surface area contributed by atoms with Gasteiger partial charge in [-0.2, -0.15) is 0 Å². The number of amides is 2. The van der Waals surface area contributed by atoms with Crippen molar-refractivity contribution < 1.29 is 14.3 Å². The summed E-state index contributed by atoms with van der Waals surface area (Å²) in [4.78, 5) is 29.0. The summed E-state index contributed by atoms with van der Waals surface area (Å²) in [6.07, 6.45) is 1.22. The molecule has 0 spiro atoms. The van der Waals surface area contributed by atoms with E-state index < -0.39 is 0 Å². The maximum atomic E-state index is 12.5. The molecule has 0 unspecified atom stereocenters. The van der Waals surface area contributed by atoms with E-state index in [2.05, 4.69) is 10.2 Å². The highest BCUT2D eigenvalue weighted by Gasteiger charge is 2.22. The minimum Gasteiger partial charge on any atom is -0.497 e. The SMILES string of the molecule is COc1ccc(CCC(=O)N2CCN(CC(=O)Nc3c(C)cccc3C)CC2)cc1. The Hall–Kier alpha value is -2.86. The van der Waals surface area contributed by atoms with Crippen LogP contribution in [-0.2, 0) is 16.0 Å². The lowest BCUT2D eigenvalue weighted by atomic mass is 10.1.